The van der Waals surface area contributed by atoms with Crippen LogP contribution in [0.2, 0.25) is 0 Å². The van der Waals surface area contributed by atoms with Gasteiger partial charge >= 0.3 is 11.8 Å². The van der Waals surface area contributed by atoms with Gasteiger partial charge in [-0.3, -0.25) is 14.4 Å². The van der Waals surface area contributed by atoms with Crippen molar-refractivity contribution in [3.05, 3.63) is 93.5 Å². The molecule has 0 unspecified atom stereocenters. The molecule has 0 radical (unpaired) electrons. The first-order chi connectivity index (χ1) is 16.8. The number of hydrazone groups is 1. The van der Waals surface area contributed by atoms with E-state index in [2.05, 4.69) is 37.1 Å². The molecule has 8 nitrogen and oxygen atoms in total. The Balaban J connectivity index is 1.50. The van der Waals surface area contributed by atoms with Gasteiger partial charge in [-0.2, -0.15) is 5.10 Å². The lowest BCUT2D eigenvalue weighted by molar-refractivity contribution is -0.139. The summed E-state index contributed by atoms with van der Waals surface area (Å²) < 4.78 is 6.56. The van der Waals surface area contributed by atoms with Crippen molar-refractivity contribution >= 4 is 45.6 Å². The Kier molecular flexibility index (Phi) is 9.14. The second-order valence-corrected chi connectivity index (χ2v) is 8.62. The van der Waals surface area contributed by atoms with Crippen molar-refractivity contribution in [1.82, 2.24) is 10.7 Å². The molecule has 0 aromatic heterocycles. The Hall–Kier alpha value is -3.98. The maximum atomic E-state index is 12.3. The zero-order valence-electron chi connectivity index (χ0n) is 19.3. The topological polar surface area (TPSA) is 109 Å². The van der Waals surface area contributed by atoms with Gasteiger partial charge in [0.2, 0.25) is 0 Å². The largest absolute Gasteiger partial charge is 0.483 e. The zero-order chi connectivity index (χ0) is 25.2. The molecule has 0 atom stereocenters. The Labute approximate surface area is 211 Å². The molecule has 0 saturated heterocycles. The van der Waals surface area contributed by atoms with Gasteiger partial charge in [-0.1, -0.05) is 57.9 Å². The van der Waals surface area contributed by atoms with Crippen molar-refractivity contribution in [3.63, 3.8) is 0 Å². The zero-order valence-corrected chi connectivity index (χ0v) is 20.9. The number of hydrogen-bond acceptors (Lipinski definition) is 5. The van der Waals surface area contributed by atoms with E-state index < -0.39 is 11.8 Å². The van der Waals surface area contributed by atoms with E-state index in [1.54, 1.807) is 30.3 Å². The van der Waals surface area contributed by atoms with Crippen LogP contribution in [0.3, 0.4) is 0 Å². The number of nitrogens with zero attached hydrogens (tertiary/aromatic N) is 1. The molecule has 0 aliphatic heterocycles. The number of anilines is 1. The molecule has 0 saturated carbocycles. The molecule has 0 aliphatic carbocycles. The molecule has 0 aliphatic rings. The highest BCUT2D eigenvalue weighted by molar-refractivity contribution is 9.10. The lowest BCUT2D eigenvalue weighted by Crippen LogP contribution is -2.37. The monoisotopic (exact) mass is 536 g/mol. The quantitative estimate of drug-likeness (QED) is 0.231. The van der Waals surface area contributed by atoms with Gasteiger partial charge in [-0.25, -0.2) is 5.43 Å². The number of ether oxygens (including phenoxy) is 1. The number of carbonyl (C=O) groups excluding carboxylic acids is 3. The van der Waals surface area contributed by atoms with Gasteiger partial charge in [0.25, 0.3) is 5.91 Å². The van der Waals surface area contributed by atoms with E-state index in [1.807, 2.05) is 50.2 Å². The van der Waals surface area contributed by atoms with Crippen molar-refractivity contribution in [2.24, 2.45) is 5.10 Å². The molecule has 3 aromatic carbocycles. The first kappa shape index (κ1) is 25.6. The van der Waals surface area contributed by atoms with E-state index >= 15 is 0 Å². The summed E-state index contributed by atoms with van der Waals surface area (Å²) in [6.07, 6.45) is 1.34. The Morgan fingerprint density at radius 1 is 0.971 bits per heavy atom. The molecule has 9 heteroatoms. The molecule has 0 bridgehead atoms. The van der Waals surface area contributed by atoms with Crippen LogP contribution in [0.25, 0.3) is 0 Å². The first-order valence-electron chi connectivity index (χ1n) is 10.8. The molecular weight excluding hydrogens is 512 g/mol. The molecule has 180 valence electrons. The van der Waals surface area contributed by atoms with Crippen LogP contribution in [-0.4, -0.2) is 30.5 Å². The summed E-state index contributed by atoms with van der Waals surface area (Å²) in [6.45, 7) is 3.88. The van der Waals surface area contributed by atoms with E-state index in [4.69, 9.17) is 4.74 Å². The van der Waals surface area contributed by atoms with Crippen LogP contribution in [-0.2, 0) is 20.9 Å². The summed E-state index contributed by atoms with van der Waals surface area (Å²) in [6, 6.07) is 20.0. The molecule has 3 aromatic rings. The van der Waals surface area contributed by atoms with Crippen LogP contribution in [0.5, 0.6) is 5.75 Å². The van der Waals surface area contributed by atoms with Crippen molar-refractivity contribution in [1.29, 1.82) is 0 Å². The van der Waals surface area contributed by atoms with Gasteiger partial charge in [-0.15, -0.1) is 0 Å². The predicted molar refractivity (Wildman–Crippen MR) is 138 cm³/mol. The molecule has 0 spiro atoms. The van der Waals surface area contributed by atoms with E-state index in [9.17, 15) is 14.4 Å². The van der Waals surface area contributed by atoms with Crippen LogP contribution in [0, 0.1) is 13.8 Å². The van der Waals surface area contributed by atoms with Crippen LogP contribution in [0.4, 0.5) is 5.69 Å². The molecule has 3 amide bonds. The van der Waals surface area contributed by atoms with Crippen LogP contribution < -0.4 is 20.8 Å². The molecule has 3 N–H and O–H groups in total. The second-order valence-electron chi connectivity index (χ2n) is 7.70. The molecule has 35 heavy (non-hydrogen) atoms. The number of aryl methyl sites for hydroxylation is 2. The molecular formula is C26H25BrN4O4. The average molecular weight is 537 g/mol. The average Bonchev–Trinajstić information content (AvgIpc) is 2.84. The predicted octanol–water partition coefficient (Wildman–Crippen LogP) is 3.85. The SMILES string of the molecule is Cc1ccc(CNC(=O)C(=O)N/N=C\c2ccccc2OCC(=O)Nc2ccc(Br)cc2C)cc1. The van der Waals surface area contributed by atoms with E-state index in [0.29, 0.717) is 17.0 Å². The minimum atomic E-state index is -0.893. The third-order valence-corrected chi connectivity index (χ3v) is 5.38. The first-order valence-corrected chi connectivity index (χ1v) is 11.6. The lowest BCUT2D eigenvalue weighted by Gasteiger charge is -2.11. The number of benzene rings is 3. The number of para-hydroxylation sites is 1. The van der Waals surface area contributed by atoms with Crippen molar-refractivity contribution in [2.75, 3.05) is 11.9 Å². The van der Waals surface area contributed by atoms with Gasteiger partial charge in [0.15, 0.2) is 6.61 Å². The summed E-state index contributed by atoms with van der Waals surface area (Å²) in [7, 11) is 0. The Morgan fingerprint density at radius 2 is 1.71 bits per heavy atom. The summed E-state index contributed by atoms with van der Waals surface area (Å²) in [5, 5.41) is 9.18. The Bertz CT molecular complexity index is 1240. The normalized spacial score (nSPS) is 10.6. The van der Waals surface area contributed by atoms with Crippen molar-refractivity contribution in [3.8, 4) is 5.75 Å². The van der Waals surface area contributed by atoms with Gasteiger partial charge in [0.1, 0.15) is 5.75 Å². The molecule has 3 rings (SSSR count). The van der Waals surface area contributed by atoms with Crippen molar-refractivity contribution in [2.45, 2.75) is 20.4 Å². The second kappa shape index (κ2) is 12.5. The number of hydrogen-bond donors (Lipinski definition) is 3. The van der Waals surface area contributed by atoms with Gasteiger partial charge in [0.05, 0.1) is 6.21 Å². The highest BCUT2D eigenvalue weighted by Gasteiger charge is 2.12. The minimum absolute atomic E-state index is 0.214. The molecule has 0 heterocycles. The van der Waals surface area contributed by atoms with Crippen LogP contribution in [0.1, 0.15) is 22.3 Å². The fourth-order valence-corrected chi connectivity index (χ4v) is 3.47. The van der Waals surface area contributed by atoms with Gasteiger partial charge in [0, 0.05) is 22.3 Å². The van der Waals surface area contributed by atoms with Gasteiger partial charge in [-0.05, 0) is 55.3 Å². The number of carbonyl (C=O) groups is 3. The van der Waals surface area contributed by atoms with Crippen molar-refractivity contribution < 1.29 is 19.1 Å². The third-order valence-electron chi connectivity index (χ3n) is 4.89. The smallest absolute Gasteiger partial charge is 0.329 e. The lowest BCUT2D eigenvalue weighted by atomic mass is 10.1. The molecule has 0 fully saturated rings. The van der Waals surface area contributed by atoms with E-state index in [0.717, 1.165) is 21.2 Å². The van der Waals surface area contributed by atoms with Gasteiger partial charge < -0.3 is 15.4 Å². The standard InChI is InChI=1S/C26H25BrN4O4/c1-17-7-9-19(10-8-17)14-28-25(33)26(34)31-29-15-20-5-3-4-6-23(20)35-16-24(32)30-22-12-11-21(27)13-18(22)2/h3-13,15H,14,16H2,1-2H3,(H,28,33)(H,30,32)(H,31,34)/b29-15-. The number of amides is 3. The summed E-state index contributed by atoms with van der Waals surface area (Å²) in [4.78, 5) is 36.3. The van der Waals surface area contributed by atoms with Crippen LogP contribution in [0.15, 0.2) is 76.3 Å². The maximum absolute atomic E-state index is 12.3. The number of nitrogens with one attached hydrogen (secondary N) is 3. The highest BCUT2D eigenvalue weighted by atomic mass is 79.9. The fourth-order valence-electron chi connectivity index (χ4n) is 3.00. The minimum Gasteiger partial charge on any atom is -0.483 e. The number of rotatable bonds is 8. The third kappa shape index (κ3) is 8.08. The highest BCUT2D eigenvalue weighted by Crippen LogP contribution is 2.20. The number of halogens is 1. The summed E-state index contributed by atoms with van der Waals surface area (Å²) in [5.74, 6) is -1.61. The van der Waals surface area contributed by atoms with E-state index in [1.165, 1.54) is 6.21 Å². The maximum Gasteiger partial charge on any atom is 0.329 e. The Morgan fingerprint density at radius 3 is 2.46 bits per heavy atom. The summed E-state index contributed by atoms with van der Waals surface area (Å²) in [5.41, 5.74) is 6.32. The van der Waals surface area contributed by atoms with Crippen LogP contribution >= 0.6 is 15.9 Å². The van der Waals surface area contributed by atoms with E-state index in [-0.39, 0.29) is 19.1 Å². The fraction of sp³-hybridized carbons (Fsp3) is 0.154. The summed E-state index contributed by atoms with van der Waals surface area (Å²) >= 11 is 3.39.